The van der Waals surface area contributed by atoms with E-state index in [1.54, 1.807) is 0 Å². The minimum atomic E-state index is 0.0568. The van der Waals surface area contributed by atoms with Gasteiger partial charge in [0.15, 0.2) is 11.4 Å². The smallest absolute Gasteiger partial charge is 0.179 e. The lowest BCUT2D eigenvalue weighted by Gasteiger charge is -2.11. The number of ether oxygens (including phenoxy) is 1. The third-order valence-corrected chi connectivity index (χ3v) is 2.94. The Morgan fingerprint density at radius 3 is 3.12 bits per heavy atom. The summed E-state index contributed by atoms with van der Waals surface area (Å²) < 4.78 is 7.65. The molecule has 0 saturated carbocycles. The Kier molecular flexibility index (Phi) is 3.28. The van der Waals surface area contributed by atoms with E-state index in [1.807, 2.05) is 42.8 Å². The highest BCUT2D eigenvalue weighted by molar-refractivity contribution is 7.80. The Bertz CT molecular complexity index is 550. The highest BCUT2D eigenvalue weighted by Gasteiger charge is 2.09. The summed E-state index contributed by atoms with van der Waals surface area (Å²) in [5, 5.41) is 0. The van der Waals surface area contributed by atoms with E-state index in [-0.39, 0.29) is 5.92 Å². The average molecular weight is 249 g/mol. The van der Waals surface area contributed by atoms with E-state index in [0.717, 1.165) is 17.1 Å². The van der Waals surface area contributed by atoms with Gasteiger partial charge >= 0.3 is 0 Å². The predicted octanol–water partition coefficient (Wildman–Crippen LogP) is 1.94. The van der Waals surface area contributed by atoms with E-state index < -0.39 is 0 Å². The summed E-state index contributed by atoms with van der Waals surface area (Å²) in [5.41, 5.74) is 7.33. The van der Waals surface area contributed by atoms with Crippen molar-refractivity contribution >= 4 is 22.9 Å². The summed E-state index contributed by atoms with van der Waals surface area (Å²) >= 11 is 4.91. The molecule has 1 atom stereocenters. The van der Waals surface area contributed by atoms with Crippen LogP contribution in [0.2, 0.25) is 0 Å². The van der Waals surface area contributed by atoms with Crippen molar-refractivity contribution in [1.82, 2.24) is 9.38 Å². The van der Waals surface area contributed by atoms with Gasteiger partial charge in [-0.05, 0) is 19.1 Å². The zero-order valence-corrected chi connectivity index (χ0v) is 10.7. The molecule has 0 aliphatic heterocycles. The molecular weight excluding hydrogens is 234 g/mol. The maximum absolute atomic E-state index is 5.70. The molecule has 0 radical (unpaired) electrons. The maximum Gasteiger partial charge on any atom is 0.179 e. The van der Waals surface area contributed by atoms with E-state index in [0.29, 0.717) is 11.6 Å². The number of fused-ring (bicyclic) bond motifs is 1. The van der Waals surface area contributed by atoms with Crippen molar-refractivity contribution in [2.24, 2.45) is 11.7 Å². The normalized spacial score (nSPS) is 12.6. The molecule has 5 heteroatoms. The van der Waals surface area contributed by atoms with Crippen LogP contribution in [-0.4, -0.2) is 21.0 Å². The fraction of sp³-hybridized carbons (Fsp3) is 0.333. The molecule has 0 amide bonds. The first-order chi connectivity index (χ1) is 8.08. The molecule has 2 heterocycles. The van der Waals surface area contributed by atoms with Crippen LogP contribution in [0.5, 0.6) is 5.75 Å². The van der Waals surface area contributed by atoms with Crippen molar-refractivity contribution in [2.45, 2.75) is 13.8 Å². The molecule has 0 aromatic carbocycles. The minimum Gasteiger partial charge on any atom is -0.489 e. The van der Waals surface area contributed by atoms with Crippen LogP contribution in [0.1, 0.15) is 12.6 Å². The maximum atomic E-state index is 5.70. The summed E-state index contributed by atoms with van der Waals surface area (Å²) in [4.78, 5) is 4.88. The molecule has 90 valence electrons. The zero-order valence-electron chi connectivity index (χ0n) is 9.88. The number of aryl methyl sites for hydroxylation is 1. The molecule has 0 fully saturated rings. The van der Waals surface area contributed by atoms with Crippen molar-refractivity contribution in [3.8, 4) is 5.75 Å². The van der Waals surface area contributed by atoms with Gasteiger partial charge in [-0.2, -0.15) is 0 Å². The lowest BCUT2D eigenvalue weighted by Crippen LogP contribution is -2.24. The van der Waals surface area contributed by atoms with Crippen molar-refractivity contribution in [3.05, 3.63) is 30.2 Å². The predicted molar refractivity (Wildman–Crippen MR) is 71.4 cm³/mol. The number of nitrogens with zero attached hydrogens (tertiary/aromatic N) is 2. The molecule has 2 rings (SSSR count). The summed E-state index contributed by atoms with van der Waals surface area (Å²) in [5.74, 6) is 0.810. The van der Waals surface area contributed by atoms with Gasteiger partial charge in [0.05, 0.1) is 17.3 Å². The van der Waals surface area contributed by atoms with Gasteiger partial charge in [0, 0.05) is 18.3 Å². The molecular formula is C12H15N3OS. The molecule has 0 bridgehead atoms. The number of hydrogen-bond donors (Lipinski definition) is 1. The first-order valence-corrected chi connectivity index (χ1v) is 5.85. The zero-order chi connectivity index (χ0) is 12.4. The topological polar surface area (TPSA) is 52.5 Å². The van der Waals surface area contributed by atoms with Crippen LogP contribution in [-0.2, 0) is 0 Å². The van der Waals surface area contributed by atoms with E-state index in [4.69, 9.17) is 22.7 Å². The van der Waals surface area contributed by atoms with Gasteiger partial charge in [0.2, 0.25) is 0 Å². The van der Waals surface area contributed by atoms with Gasteiger partial charge in [-0.3, -0.25) is 0 Å². The van der Waals surface area contributed by atoms with Crippen LogP contribution >= 0.6 is 12.2 Å². The van der Waals surface area contributed by atoms with Crippen LogP contribution in [0.25, 0.3) is 5.65 Å². The number of aromatic nitrogens is 2. The van der Waals surface area contributed by atoms with Crippen molar-refractivity contribution in [2.75, 3.05) is 6.61 Å². The van der Waals surface area contributed by atoms with Gasteiger partial charge < -0.3 is 14.9 Å². The van der Waals surface area contributed by atoms with Gasteiger partial charge in [-0.15, -0.1) is 0 Å². The molecule has 17 heavy (non-hydrogen) atoms. The van der Waals surface area contributed by atoms with Crippen LogP contribution < -0.4 is 10.5 Å². The van der Waals surface area contributed by atoms with Gasteiger partial charge in [0.1, 0.15) is 0 Å². The highest BCUT2D eigenvalue weighted by atomic mass is 32.1. The van der Waals surface area contributed by atoms with Gasteiger partial charge in [-0.25, -0.2) is 4.98 Å². The first kappa shape index (κ1) is 11.9. The molecule has 0 saturated heterocycles. The summed E-state index contributed by atoms with van der Waals surface area (Å²) in [6.07, 6.45) is 3.90. The third kappa shape index (κ3) is 2.55. The largest absolute Gasteiger partial charge is 0.489 e. The van der Waals surface area contributed by atoms with E-state index >= 15 is 0 Å². The van der Waals surface area contributed by atoms with Crippen LogP contribution in [0.3, 0.4) is 0 Å². The number of thiocarbonyl (C=S) groups is 1. The molecule has 2 aromatic heterocycles. The quantitative estimate of drug-likeness (QED) is 0.841. The lowest BCUT2D eigenvalue weighted by molar-refractivity contribution is 0.295. The molecule has 0 aliphatic carbocycles. The number of pyridine rings is 1. The van der Waals surface area contributed by atoms with Crippen LogP contribution in [0.15, 0.2) is 24.5 Å². The Morgan fingerprint density at radius 1 is 1.65 bits per heavy atom. The second-order valence-electron chi connectivity index (χ2n) is 4.10. The molecule has 0 spiro atoms. The van der Waals surface area contributed by atoms with E-state index in [2.05, 4.69) is 4.98 Å². The fourth-order valence-corrected chi connectivity index (χ4v) is 1.59. The number of rotatable bonds is 4. The van der Waals surface area contributed by atoms with Crippen LogP contribution in [0.4, 0.5) is 0 Å². The average Bonchev–Trinajstić information content (AvgIpc) is 2.66. The third-order valence-electron chi connectivity index (χ3n) is 2.54. The summed E-state index contributed by atoms with van der Waals surface area (Å²) in [7, 11) is 0. The molecule has 2 aromatic rings. The fourth-order valence-electron chi connectivity index (χ4n) is 1.52. The van der Waals surface area contributed by atoms with E-state index in [1.165, 1.54) is 0 Å². The monoisotopic (exact) mass is 249 g/mol. The van der Waals surface area contributed by atoms with Crippen molar-refractivity contribution in [1.29, 1.82) is 0 Å². The SMILES string of the molecule is Cc1cn2cccc(OCC(C)C(N)=S)c2n1. The Labute approximate surface area is 105 Å². The second kappa shape index (κ2) is 4.71. The van der Waals surface area contributed by atoms with Crippen molar-refractivity contribution < 1.29 is 4.74 Å². The molecule has 4 nitrogen and oxygen atoms in total. The molecule has 0 aliphatic rings. The summed E-state index contributed by atoms with van der Waals surface area (Å²) in [6, 6.07) is 3.82. The Balaban J connectivity index is 2.21. The van der Waals surface area contributed by atoms with E-state index in [9.17, 15) is 0 Å². The first-order valence-electron chi connectivity index (χ1n) is 5.44. The Hall–Kier alpha value is -1.62. The lowest BCUT2D eigenvalue weighted by atomic mass is 10.2. The standard InChI is InChI=1S/C12H15N3OS/c1-8(11(13)17)7-16-10-4-3-5-15-6-9(2)14-12(10)15/h3-6,8H,7H2,1-2H3,(H2,13,17). The second-order valence-corrected chi connectivity index (χ2v) is 4.57. The van der Waals surface area contributed by atoms with Crippen molar-refractivity contribution in [3.63, 3.8) is 0 Å². The molecule has 1 unspecified atom stereocenters. The van der Waals surface area contributed by atoms with Gasteiger partial charge in [0.25, 0.3) is 0 Å². The number of hydrogen-bond acceptors (Lipinski definition) is 3. The summed E-state index contributed by atoms with van der Waals surface area (Å²) in [6.45, 7) is 4.37. The van der Waals surface area contributed by atoms with Gasteiger partial charge in [-0.1, -0.05) is 19.1 Å². The number of imidazole rings is 1. The Morgan fingerprint density at radius 2 is 2.41 bits per heavy atom. The highest BCUT2D eigenvalue weighted by Crippen LogP contribution is 2.19. The number of nitrogens with two attached hydrogens (primary N) is 1. The minimum absolute atomic E-state index is 0.0568. The molecule has 2 N–H and O–H groups in total. The van der Waals surface area contributed by atoms with Crippen LogP contribution in [0, 0.1) is 12.8 Å².